The molecule has 0 saturated heterocycles. The van der Waals surface area contributed by atoms with Gasteiger partial charge in [-0.05, 0) is 24.3 Å². The Labute approximate surface area is 132 Å². The molecule has 2 aromatic rings. The Morgan fingerprint density at radius 1 is 1.29 bits per heavy atom. The zero-order valence-corrected chi connectivity index (χ0v) is 12.7. The van der Waals surface area contributed by atoms with Gasteiger partial charge in [0.05, 0.1) is 9.95 Å². The lowest BCUT2D eigenvalue weighted by Gasteiger charge is -2.07. The van der Waals surface area contributed by atoms with E-state index in [9.17, 15) is 20.0 Å². The maximum Gasteiger partial charge on any atom is 0.271 e. The number of amides is 1. The summed E-state index contributed by atoms with van der Waals surface area (Å²) in [5.74, 6) is -0.631. The number of phenols is 1. The van der Waals surface area contributed by atoms with Crippen molar-refractivity contribution < 1.29 is 14.8 Å². The Morgan fingerprint density at radius 3 is 2.62 bits per heavy atom. The monoisotopic (exact) mass is 370 g/mol. The number of rotatable bonds is 3. The van der Waals surface area contributed by atoms with E-state index in [4.69, 9.17) is 11.6 Å². The minimum atomic E-state index is -0.584. The molecule has 2 aromatic carbocycles. The van der Waals surface area contributed by atoms with Crippen LogP contribution in [0, 0.1) is 10.1 Å². The van der Waals surface area contributed by atoms with Gasteiger partial charge in [-0.25, -0.2) is 0 Å². The molecule has 6 nitrogen and oxygen atoms in total. The highest BCUT2D eigenvalue weighted by atomic mass is 79.9. The summed E-state index contributed by atoms with van der Waals surface area (Å²) in [6.45, 7) is 0. The van der Waals surface area contributed by atoms with Crippen LogP contribution in [0.25, 0.3) is 0 Å². The summed E-state index contributed by atoms with van der Waals surface area (Å²) in [6, 6.07) is 8.11. The normalized spacial score (nSPS) is 10.2. The van der Waals surface area contributed by atoms with Gasteiger partial charge in [0.15, 0.2) is 0 Å². The molecule has 21 heavy (non-hydrogen) atoms. The fourth-order valence-electron chi connectivity index (χ4n) is 1.60. The van der Waals surface area contributed by atoms with Crippen molar-refractivity contribution in [3.8, 4) is 5.75 Å². The third-order valence-corrected chi connectivity index (χ3v) is 3.32. The maximum atomic E-state index is 12.1. The third-order valence-electron chi connectivity index (χ3n) is 2.56. The van der Waals surface area contributed by atoms with Crippen LogP contribution in [0.2, 0.25) is 5.02 Å². The number of benzene rings is 2. The molecule has 2 N–H and O–H groups in total. The van der Waals surface area contributed by atoms with Gasteiger partial charge >= 0.3 is 0 Å². The first-order valence-corrected chi connectivity index (χ1v) is 6.79. The van der Waals surface area contributed by atoms with Crippen LogP contribution in [-0.4, -0.2) is 15.9 Å². The van der Waals surface area contributed by atoms with Crippen LogP contribution in [0.3, 0.4) is 0 Å². The second-order valence-electron chi connectivity index (χ2n) is 4.08. The van der Waals surface area contributed by atoms with Crippen LogP contribution in [0.15, 0.2) is 40.9 Å². The van der Waals surface area contributed by atoms with Crippen LogP contribution in [0.5, 0.6) is 5.75 Å². The molecule has 0 bridgehead atoms. The summed E-state index contributed by atoms with van der Waals surface area (Å²) in [5.41, 5.74) is 0.295. The Bertz CT molecular complexity index is 736. The van der Waals surface area contributed by atoms with Crippen molar-refractivity contribution in [3.05, 3.63) is 61.6 Å². The molecule has 0 fully saturated rings. The Hall–Kier alpha value is -2.12. The first-order valence-electron chi connectivity index (χ1n) is 5.61. The van der Waals surface area contributed by atoms with E-state index < -0.39 is 10.8 Å². The average Bonchev–Trinajstić information content (AvgIpc) is 2.42. The van der Waals surface area contributed by atoms with E-state index >= 15 is 0 Å². The molecular formula is C13H8BrClN2O4. The topological polar surface area (TPSA) is 92.5 Å². The quantitative estimate of drug-likeness (QED) is 0.485. The minimum Gasteiger partial charge on any atom is -0.506 e. The number of non-ortho nitro benzene ring substituents is 1. The predicted molar refractivity (Wildman–Crippen MR) is 81.9 cm³/mol. The molecule has 108 valence electrons. The van der Waals surface area contributed by atoms with Gasteiger partial charge in [-0.3, -0.25) is 14.9 Å². The van der Waals surface area contributed by atoms with E-state index in [0.29, 0.717) is 10.2 Å². The lowest BCUT2D eigenvalue weighted by molar-refractivity contribution is -0.384. The van der Waals surface area contributed by atoms with E-state index in [1.807, 2.05) is 0 Å². The molecule has 0 aliphatic rings. The van der Waals surface area contributed by atoms with Crippen molar-refractivity contribution in [2.24, 2.45) is 0 Å². The smallest absolute Gasteiger partial charge is 0.271 e. The summed E-state index contributed by atoms with van der Waals surface area (Å²) < 4.78 is 0.422. The van der Waals surface area contributed by atoms with Gasteiger partial charge in [0.1, 0.15) is 5.75 Å². The number of carbonyl (C=O) groups is 1. The number of phenolic OH excluding ortho intramolecular Hbond substituents is 1. The number of hydrogen-bond donors (Lipinski definition) is 2. The molecule has 1 amide bonds. The molecule has 2 rings (SSSR count). The SMILES string of the molecule is O=C(Nc1ccc(O)c(Cl)c1)c1cc(Br)cc([N+](=O)[O-])c1. The van der Waals surface area contributed by atoms with E-state index in [1.54, 1.807) is 0 Å². The molecule has 8 heteroatoms. The van der Waals surface area contributed by atoms with E-state index in [2.05, 4.69) is 21.2 Å². The number of nitro benzene ring substituents is 1. The highest BCUT2D eigenvalue weighted by Gasteiger charge is 2.14. The number of nitro groups is 1. The number of halogens is 2. The van der Waals surface area contributed by atoms with Crippen molar-refractivity contribution in [1.29, 1.82) is 0 Å². The third kappa shape index (κ3) is 3.71. The van der Waals surface area contributed by atoms with Crippen LogP contribution < -0.4 is 5.32 Å². The molecular weight excluding hydrogens is 364 g/mol. The van der Waals surface area contributed by atoms with Gasteiger partial charge in [-0.1, -0.05) is 27.5 Å². The van der Waals surface area contributed by atoms with E-state index in [-0.39, 0.29) is 22.0 Å². The number of anilines is 1. The molecule has 0 unspecified atom stereocenters. The van der Waals surface area contributed by atoms with Gasteiger partial charge in [0.25, 0.3) is 11.6 Å². The lowest BCUT2D eigenvalue weighted by atomic mass is 10.2. The second-order valence-corrected chi connectivity index (χ2v) is 5.40. The molecule has 0 aliphatic carbocycles. The van der Waals surface area contributed by atoms with Crippen LogP contribution >= 0.6 is 27.5 Å². The van der Waals surface area contributed by atoms with Crippen LogP contribution in [0.1, 0.15) is 10.4 Å². The zero-order valence-electron chi connectivity index (χ0n) is 10.3. The Balaban J connectivity index is 2.27. The predicted octanol–water partition coefficient (Wildman–Crippen LogP) is 3.97. The average molecular weight is 372 g/mol. The number of nitrogens with zero attached hydrogens (tertiary/aromatic N) is 1. The molecule has 0 aliphatic heterocycles. The van der Waals surface area contributed by atoms with Crippen molar-refractivity contribution in [1.82, 2.24) is 0 Å². The zero-order chi connectivity index (χ0) is 15.6. The first-order chi connectivity index (χ1) is 9.86. The number of nitrogens with one attached hydrogen (secondary N) is 1. The second kappa shape index (κ2) is 6.11. The summed E-state index contributed by atoms with van der Waals surface area (Å²) in [6.07, 6.45) is 0. The highest BCUT2D eigenvalue weighted by molar-refractivity contribution is 9.10. The van der Waals surface area contributed by atoms with Crippen molar-refractivity contribution >= 4 is 44.8 Å². The fraction of sp³-hybridized carbons (Fsp3) is 0. The molecule has 0 saturated carbocycles. The van der Waals surface area contributed by atoms with Crippen LogP contribution in [0.4, 0.5) is 11.4 Å². The molecule has 0 radical (unpaired) electrons. The molecule has 0 atom stereocenters. The van der Waals surface area contributed by atoms with E-state index in [0.717, 1.165) is 0 Å². The van der Waals surface area contributed by atoms with Crippen LogP contribution in [-0.2, 0) is 0 Å². The highest BCUT2D eigenvalue weighted by Crippen LogP contribution is 2.27. The van der Waals surface area contributed by atoms with Gasteiger partial charge in [0.2, 0.25) is 0 Å². The van der Waals surface area contributed by atoms with Gasteiger partial charge in [0, 0.05) is 27.9 Å². The van der Waals surface area contributed by atoms with Crippen molar-refractivity contribution in [3.63, 3.8) is 0 Å². The van der Waals surface area contributed by atoms with Gasteiger partial charge in [-0.2, -0.15) is 0 Å². The lowest BCUT2D eigenvalue weighted by Crippen LogP contribution is -2.12. The summed E-state index contributed by atoms with van der Waals surface area (Å²) >= 11 is 8.85. The van der Waals surface area contributed by atoms with Gasteiger partial charge < -0.3 is 10.4 Å². The minimum absolute atomic E-state index is 0.0908. The molecule has 0 aromatic heterocycles. The largest absolute Gasteiger partial charge is 0.506 e. The van der Waals surface area contributed by atoms with Crippen molar-refractivity contribution in [2.75, 3.05) is 5.32 Å². The van der Waals surface area contributed by atoms with E-state index in [1.165, 1.54) is 36.4 Å². The number of carbonyl (C=O) groups excluding carboxylic acids is 1. The standard InChI is InChI=1S/C13H8BrClN2O4/c14-8-3-7(4-10(5-8)17(20)21)13(19)16-9-1-2-12(18)11(15)6-9/h1-6,18H,(H,16,19). The fourth-order valence-corrected chi connectivity index (χ4v) is 2.26. The number of hydrogen-bond acceptors (Lipinski definition) is 4. The summed E-state index contributed by atoms with van der Waals surface area (Å²) in [4.78, 5) is 22.3. The van der Waals surface area contributed by atoms with Crippen molar-refractivity contribution in [2.45, 2.75) is 0 Å². The molecule has 0 spiro atoms. The maximum absolute atomic E-state index is 12.1. The Kier molecular flexibility index (Phi) is 4.44. The van der Waals surface area contributed by atoms with Gasteiger partial charge in [-0.15, -0.1) is 0 Å². The Morgan fingerprint density at radius 2 is 2.00 bits per heavy atom. The summed E-state index contributed by atoms with van der Waals surface area (Å²) in [7, 11) is 0. The molecule has 0 heterocycles. The first kappa shape index (κ1) is 15.3. The number of aromatic hydroxyl groups is 1. The summed E-state index contributed by atoms with van der Waals surface area (Å²) in [5, 5.41) is 22.7.